The van der Waals surface area contributed by atoms with E-state index in [1.54, 1.807) is 6.92 Å². The van der Waals surface area contributed by atoms with Crippen LogP contribution in [0.3, 0.4) is 0 Å². The third kappa shape index (κ3) is 4.65. The first-order chi connectivity index (χ1) is 6.59. The van der Waals surface area contributed by atoms with Crippen molar-refractivity contribution in [2.45, 2.75) is 32.2 Å². The highest BCUT2D eigenvalue weighted by Crippen LogP contribution is 2.24. The lowest BCUT2D eigenvalue weighted by atomic mass is 10.1. The molecule has 0 saturated heterocycles. The van der Waals surface area contributed by atoms with Crippen molar-refractivity contribution in [3.05, 3.63) is 0 Å². The van der Waals surface area contributed by atoms with Crippen LogP contribution in [-0.2, 0) is 10.2 Å². The van der Waals surface area contributed by atoms with Crippen LogP contribution in [-0.4, -0.2) is 27.5 Å². The van der Waals surface area contributed by atoms with Crippen molar-refractivity contribution in [1.82, 2.24) is 9.44 Å². The normalized spacial score (nSPS) is 26.3. The molecule has 0 aromatic heterocycles. The number of rotatable bonds is 5. The minimum Gasteiger partial charge on any atom is -0.330 e. The van der Waals surface area contributed by atoms with E-state index in [-0.39, 0.29) is 18.4 Å². The highest BCUT2D eigenvalue weighted by atomic mass is 35.5. The largest absolute Gasteiger partial charge is 0.330 e. The van der Waals surface area contributed by atoms with Crippen LogP contribution in [0.5, 0.6) is 0 Å². The van der Waals surface area contributed by atoms with Gasteiger partial charge in [-0.05, 0) is 25.3 Å². The van der Waals surface area contributed by atoms with Crippen LogP contribution in [0.25, 0.3) is 0 Å². The van der Waals surface area contributed by atoms with Crippen molar-refractivity contribution >= 4 is 22.6 Å². The summed E-state index contributed by atoms with van der Waals surface area (Å²) in [5, 5.41) is 0. The first-order valence-electron chi connectivity index (χ1n) is 5.06. The first kappa shape index (κ1) is 15.1. The minimum atomic E-state index is -3.31. The molecular weight excluding hydrogens is 238 g/mol. The number of hydrogen-bond acceptors (Lipinski definition) is 3. The molecule has 4 N–H and O–H groups in total. The van der Waals surface area contributed by atoms with Gasteiger partial charge < -0.3 is 5.73 Å². The van der Waals surface area contributed by atoms with E-state index in [0.717, 1.165) is 19.3 Å². The van der Waals surface area contributed by atoms with Crippen molar-refractivity contribution in [2.75, 3.05) is 13.1 Å². The van der Waals surface area contributed by atoms with E-state index in [0.29, 0.717) is 19.0 Å². The van der Waals surface area contributed by atoms with Crippen LogP contribution in [0.1, 0.15) is 26.2 Å². The summed E-state index contributed by atoms with van der Waals surface area (Å²) in [6.45, 7) is 2.73. The lowest BCUT2D eigenvalue weighted by Gasteiger charge is -2.19. The van der Waals surface area contributed by atoms with Gasteiger partial charge in [-0.25, -0.2) is 4.72 Å². The minimum absolute atomic E-state index is 0. The molecular formula is C8H20ClN3O2S. The number of halogens is 1. The van der Waals surface area contributed by atoms with E-state index in [1.165, 1.54) is 0 Å². The van der Waals surface area contributed by atoms with E-state index in [2.05, 4.69) is 9.44 Å². The van der Waals surface area contributed by atoms with Crippen molar-refractivity contribution in [1.29, 1.82) is 0 Å². The molecule has 1 aliphatic rings. The van der Waals surface area contributed by atoms with Crippen LogP contribution in [0.4, 0.5) is 0 Å². The summed E-state index contributed by atoms with van der Waals surface area (Å²) in [5.41, 5.74) is 5.56. The molecule has 0 aliphatic heterocycles. The summed E-state index contributed by atoms with van der Waals surface area (Å²) in [5.74, 6) is 0.295. The van der Waals surface area contributed by atoms with Gasteiger partial charge in [-0.3, -0.25) is 0 Å². The molecule has 15 heavy (non-hydrogen) atoms. The highest BCUT2D eigenvalue weighted by molar-refractivity contribution is 7.87. The Morgan fingerprint density at radius 1 is 1.40 bits per heavy atom. The smallest absolute Gasteiger partial charge is 0.277 e. The second kappa shape index (κ2) is 6.65. The zero-order chi connectivity index (χ0) is 10.6. The summed E-state index contributed by atoms with van der Waals surface area (Å²) in [6.07, 6.45) is 2.98. The Balaban J connectivity index is 0.00000196. The molecule has 1 saturated carbocycles. The fourth-order valence-corrected chi connectivity index (χ4v) is 3.08. The Kier molecular flexibility index (Phi) is 6.70. The van der Waals surface area contributed by atoms with Crippen LogP contribution < -0.4 is 15.2 Å². The van der Waals surface area contributed by atoms with Gasteiger partial charge in [-0.1, -0.05) is 13.3 Å². The lowest BCUT2D eigenvalue weighted by molar-refractivity contribution is 0.450. The molecule has 0 aromatic rings. The predicted octanol–water partition coefficient (Wildman–Crippen LogP) is -0.0205. The zero-order valence-corrected chi connectivity index (χ0v) is 10.5. The van der Waals surface area contributed by atoms with Crippen LogP contribution >= 0.6 is 12.4 Å². The second-order valence-electron chi connectivity index (χ2n) is 3.65. The van der Waals surface area contributed by atoms with Crippen molar-refractivity contribution in [3.8, 4) is 0 Å². The van der Waals surface area contributed by atoms with Gasteiger partial charge in [0, 0.05) is 12.6 Å². The van der Waals surface area contributed by atoms with E-state index in [4.69, 9.17) is 5.73 Å². The lowest BCUT2D eigenvalue weighted by Crippen LogP contribution is -2.45. The van der Waals surface area contributed by atoms with Crippen molar-refractivity contribution in [2.24, 2.45) is 11.7 Å². The standard InChI is InChI=1S/C8H19N3O2S.ClH/c1-2-10-14(12,13)11-8-5-3-4-7(8)6-9;/h7-8,10-11H,2-6,9H2,1H3;1H. The van der Waals surface area contributed by atoms with E-state index in [1.807, 2.05) is 0 Å². The fourth-order valence-electron chi connectivity index (χ4n) is 1.91. The summed E-state index contributed by atoms with van der Waals surface area (Å²) in [4.78, 5) is 0. The van der Waals surface area contributed by atoms with E-state index in [9.17, 15) is 8.42 Å². The number of hydrogen-bond donors (Lipinski definition) is 3. The topological polar surface area (TPSA) is 84.2 Å². The van der Waals surface area contributed by atoms with E-state index < -0.39 is 10.2 Å². The molecule has 1 rings (SSSR count). The Morgan fingerprint density at radius 3 is 2.60 bits per heavy atom. The van der Waals surface area contributed by atoms with Crippen LogP contribution in [0.15, 0.2) is 0 Å². The fraction of sp³-hybridized carbons (Fsp3) is 1.00. The molecule has 5 nitrogen and oxygen atoms in total. The summed E-state index contributed by atoms with van der Waals surface area (Å²) in [6, 6.07) is 0.0176. The maximum atomic E-state index is 11.4. The van der Waals surface area contributed by atoms with Gasteiger partial charge in [0.2, 0.25) is 0 Å². The van der Waals surface area contributed by atoms with Gasteiger partial charge in [-0.15, -0.1) is 12.4 Å². The molecule has 0 amide bonds. The second-order valence-corrected chi connectivity index (χ2v) is 5.18. The Hall–Kier alpha value is 0.120. The molecule has 0 heterocycles. The third-order valence-corrected chi connectivity index (χ3v) is 3.88. The Morgan fingerprint density at radius 2 is 2.07 bits per heavy atom. The molecule has 7 heteroatoms. The average molecular weight is 258 g/mol. The van der Waals surface area contributed by atoms with E-state index >= 15 is 0 Å². The molecule has 1 aliphatic carbocycles. The molecule has 0 bridgehead atoms. The van der Waals surface area contributed by atoms with Gasteiger partial charge in [0.05, 0.1) is 0 Å². The molecule has 0 aromatic carbocycles. The number of nitrogens with two attached hydrogens (primary N) is 1. The monoisotopic (exact) mass is 257 g/mol. The zero-order valence-electron chi connectivity index (χ0n) is 8.90. The Labute approximate surface area is 97.8 Å². The predicted molar refractivity (Wildman–Crippen MR) is 63.2 cm³/mol. The molecule has 92 valence electrons. The summed E-state index contributed by atoms with van der Waals surface area (Å²) in [7, 11) is -3.31. The first-order valence-corrected chi connectivity index (χ1v) is 6.54. The quantitative estimate of drug-likeness (QED) is 0.647. The summed E-state index contributed by atoms with van der Waals surface area (Å²) < 4.78 is 27.8. The highest BCUT2D eigenvalue weighted by Gasteiger charge is 2.29. The SMILES string of the molecule is CCNS(=O)(=O)NC1CCCC1CN.Cl. The van der Waals surface area contributed by atoms with Gasteiger partial charge in [0.1, 0.15) is 0 Å². The van der Waals surface area contributed by atoms with Gasteiger partial charge in [0.25, 0.3) is 10.2 Å². The maximum Gasteiger partial charge on any atom is 0.277 e. The van der Waals surface area contributed by atoms with Crippen LogP contribution in [0.2, 0.25) is 0 Å². The molecule has 0 spiro atoms. The summed E-state index contributed by atoms with van der Waals surface area (Å²) >= 11 is 0. The van der Waals surface area contributed by atoms with Crippen molar-refractivity contribution < 1.29 is 8.42 Å². The molecule has 1 fully saturated rings. The molecule has 2 atom stereocenters. The van der Waals surface area contributed by atoms with Crippen molar-refractivity contribution in [3.63, 3.8) is 0 Å². The maximum absolute atomic E-state index is 11.4. The average Bonchev–Trinajstić information content (AvgIpc) is 2.50. The third-order valence-electron chi connectivity index (χ3n) is 2.60. The molecule has 2 unspecified atom stereocenters. The van der Waals surface area contributed by atoms with Gasteiger partial charge in [-0.2, -0.15) is 13.1 Å². The molecule has 0 radical (unpaired) electrons. The van der Waals surface area contributed by atoms with Gasteiger partial charge in [0.15, 0.2) is 0 Å². The van der Waals surface area contributed by atoms with Crippen LogP contribution in [0, 0.1) is 5.92 Å². The number of nitrogens with one attached hydrogen (secondary N) is 2. The Bertz CT molecular complexity index is 271. The van der Waals surface area contributed by atoms with Gasteiger partial charge >= 0.3 is 0 Å².